The predicted octanol–water partition coefficient (Wildman–Crippen LogP) is 6.84. The van der Waals surface area contributed by atoms with E-state index in [0.717, 1.165) is 17.5 Å². The number of hydrogen-bond acceptors (Lipinski definition) is 7. The molecule has 1 N–H and O–H groups in total. The molecule has 0 saturated heterocycles. The third-order valence-electron chi connectivity index (χ3n) is 6.51. The Labute approximate surface area is 249 Å². The Kier molecular flexibility index (Phi) is 9.39. The minimum Gasteiger partial charge on any atom is -0.489 e. The van der Waals surface area contributed by atoms with E-state index in [4.69, 9.17) is 19.2 Å². The van der Waals surface area contributed by atoms with E-state index in [9.17, 15) is 14.4 Å². The third kappa shape index (κ3) is 7.62. The number of nitrogens with one attached hydrogen (secondary N) is 1. The van der Waals surface area contributed by atoms with Crippen LogP contribution >= 0.6 is 0 Å². The summed E-state index contributed by atoms with van der Waals surface area (Å²) in [5.41, 5.74) is 4.22. The standard InChI is InChI=1S/C35H30N2O6/c1-2-20-41-34(39)26-12-16-27(17-13-26)36-33(38)23-43-35(40)30-21-32(37-31-11-7-6-10-29(30)31)25-14-18-28(19-15-25)42-22-24-8-4-3-5-9-24/h3-19,21H,2,20,22-23H2,1H3,(H,36,38). The van der Waals surface area contributed by atoms with Crippen molar-refractivity contribution in [1.29, 1.82) is 0 Å². The molecule has 0 aliphatic heterocycles. The predicted molar refractivity (Wildman–Crippen MR) is 164 cm³/mol. The van der Waals surface area contributed by atoms with Crippen LogP contribution in [-0.2, 0) is 20.9 Å². The van der Waals surface area contributed by atoms with E-state index in [1.807, 2.05) is 79.7 Å². The summed E-state index contributed by atoms with van der Waals surface area (Å²) in [6.07, 6.45) is 0.729. The first-order valence-corrected chi connectivity index (χ1v) is 13.9. The van der Waals surface area contributed by atoms with Crippen LogP contribution in [-0.4, -0.2) is 36.0 Å². The summed E-state index contributed by atoms with van der Waals surface area (Å²) >= 11 is 0. The second-order valence-electron chi connectivity index (χ2n) is 9.71. The van der Waals surface area contributed by atoms with Crippen molar-refractivity contribution in [2.45, 2.75) is 20.0 Å². The van der Waals surface area contributed by atoms with Crippen molar-refractivity contribution in [3.63, 3.8) is 0 Å². The molecule has 8 heteroatoms. The zero-order valence-corrected chi connectivity index (χ0v) is 23.6. The van der Waals surface area contributed by atoms with Crippen molar-refractivity contribution >= 4 is 34.4 Å². The van der Waals surface area contributed by atoms with Crippen LogP contribution in [0, 0.1) is 0 Å². The molecular formula is C35H30N2O6. The minimum atomic E-state index is -0.646. The number of benzene rings is 4. The number of nitrogens with zero attached hydrogens (tertiary/aromatic N) is 1. The van der Waals surface area contributed by atoms with Gasteiger partial charge in [0.2, 0.25) is 0 Å². The van der Waals surface area contributed by atoms with E-state index in [1.54, 1.807) is 36.4 Å². The molecule has 1 aromatic heterocycles. The first kappa shape index (κ1) is 29.0. The van der Waals surface area contributed by atoms with E-state index in [-0.39, 0.29) is 0 Å². The molecule has 5 rings (SSSR count). The van der Waals surface area contributed by atoms with Crippen molar-refractivity contribution in [3.05, 3.63) is 126 Å². The largest absolute Gasteiger partial charge is 0.489 e. The van der Waals surface area contributed by atoms with Crippen molar-refractivity contribution in [3.8, 4) is 17.0 Å². The highest BCUT2D eigenvalue weighted by Crippen LogP contribution is 2.27. The van der Waals surface area contributed by atoms with Crippen LogP contribution < -0.4 is 10.1 Å². The topological polar surface area (TPSA) is 104 Å². The number of rotatable bonds is 11. The average molecular weight is 575 g/mol. The van der Waals surface area contributed by atoms with Crippen molar-refractivity contribution < 1.29 is 28.6 Å². The lowest BCUT2D eigenvalue weighted by molar-refractivity contribution is -0.119. The van der Waals surface area contributed by atoms with Gasteiger partial charge in [0.1, 0.15) is 12.4 Å². The molecule has 0 unspecified atom stereocenters. The number of pyridine rings is 1. The number of hydrogen-bond donors (Lipinski definition) is 1. The second-order valence-corrected chi connectivity index (χ2v) is 9.71. The highest BCUT2D eigenvalue weighted by atomic mass is 16.5. The van der Waals surface area contributed by atoms with E-state index < -0.39 is 24.5 Å². The van der Waals surface area contributed by atoms with Crippen molar-refractivity contribution in [2.24, 2.45) is 0 Å². The zero-order chi connectivity index (χ0) is 30.0. The Balaban J connectivity index is 1.24. The van der Waals surface area contributed by atoms with E-state index in [1.165, 1.54) is 0 Å². The number of para-hydroxylation sites is 1. The van der Waals surface area contributed by atoms with Gasteiger partial charge >= 0.3 is 11.9 Å². The molecular weight excluding hydrogens is 544 g/mol. The van der Waals surface area contributed by atoms with Crippen LogP contribution in [0.25, 0.3) is 22.2 Å². The van der Waals surface area contributed by atoms with Gasteiger partial charge in [0.15, 0.2) is 6.61 Å². The lowest BCUT2D eigenvalue weighted by Crippen LogP contribution is -2.21. The van der Waals surface area contributed by atoms with Gasteiger partial charge in [-0.2, -0.15) is 0 Å². The van der Waals surface area contributed by atoms with Crippen LogP contribution in [0.3, 0.4) is 0 Å². The van der Waals surface area contributed by atoms with Crippen LogP contribution in [0.4, 0.5) is 5.69 Å². The number of ether oxygens (including phenoxy) is 3. The van der Waals surface area contributed by atoms with Gasteiger partial charge in [-0.05, 0) is 72.6 Å². The molecule has 1 amide bonds. The maximum atomic E-state index is 13.2. The van der Waals surface area contributed by atoms with Crippen molar-refractivity contribution in [2.75, 3.05) is 18.5 Å². The first-order chi connectivity index (χ1) is 21.0. The number of aromatic nitrogens is 1. The Morgan fingerprint density at radius 2 is 1.49 bits per heavy atom. The molecule has 216 valence electrons. The molecule has 0 aliphatic carbocycles. The summed E-state index contributed by atoms with van der Waals surface area (Å²) in [6.45, 7) is 2.22. The SMILES string of the molecule is CCCOC(=O)c1ccc(NC(=O)COC(=O)c2cc(-c3ccc(OCc4ccccc4)cc3)nc3ccccc23)cc1. The molecule has 4 aromatic carbocycles. The number of carbonyl (C=O) groups is 3. The molecule has 0 saturated carbocycles. The Morgan fingerprint density at radius 1 is 0.767 bits per heavy atom. The third-order valence-corrected chi connectivity index (χ3v) is 6.51. The summed E-state index contributed by atoms with van der Waals surface area (Å²) in [5.74, 6) is -0.874. The van der Waals surface area contributed by atoms with Crippen molar-refractivity contribution in [1.82, 2.24) is 4.98 Å². The molecule has 0 bridgehead atoms. The van der Waals surface area contributed by atoms with Crippen LogP contribution in [0.2, 0.25) is 0 Å². The fourth-order valence-electron chi connectivity index (χ4n) is 4.33. The Bertz CT molecular complexity index is 1720. The number of carbonyl (C=O) groups excluding carboxylic acids is 3. The Hall–Kier alpha value is -5.50. The van der Waals surface area contributed by atoms with Crippen LogP contribution in [0.5, 0.6) is 5.75 Å². The number of amides is 1. The molecule has 43 heavy (non-hydrogen) atoms. The van der Waals surface area contributed by atoms with Gasteiger partial charge in [-0.25, -0.2) is 14.6 Å². The molecule has 0 fully saturated rings. The fraction of sp³-hybridized carbons (Fsp3) is 0.143. The van der Waals surface area contributed by atoms with Crippen LogP contribution in [0.1, 0.15) is 39.6 Å². The molecule has 0 radical (unpaired) electrons. The van der Waals surface area contributed by atoms with Gasteiger partial charge in [0.05, 0.1) is 28.9 Å². The summed E-state index contributed by atoms with van der Waals surface area (Å²) in [4.78, 5) is 42.4. The maximum absolute atomic E-state index is 13.2. The first-order valence-electron chi connectivity index (χ1n) is 13.9. The van der Waals surface area contributed by atoms with Gasteiger partial charge in [-0.1, -0.05) is 55.5 Å². The number of fused-ring (bicyclic) bond motifs is 1. The van der Waals surface area contributed by atoms with Gasteiger partial charge in [-0.3, -0.25) is 4.79 Å². The molecule has 0 spiro atoms. The molecule has 0 aliphatic rings. The molecule has 8 nitrogen and oxygen atoms in total. The summed E-state index contributed by atoms with van der Waals surface area (Å²) in [6, 6.07) is 32.6. The highest BCUT2D eigenvalue weighted by Gasteiger charge is 2.17. The van der Waals surface area contributed by atoms with Gasteiger partial charge in [-0.15, -0.1) is 0 Å². The van der Waals surface area contributed by atoms with Gasteiger partial charge < -0.3 is 19.5 Å². The second kappa shape index (κ2) is 13.9. The zero-order valence-electron chi connectivity index (χ0n) is 23.6. The molecule has 0 atom stereocenters. The van der Waals surface area contributed by atoms with E-state index >= 15 is 0 Å². The summed E-state index contributed by atoms with van der Waals surface area (Å²) < 4.78 is 16.4. The Morgan fingerprint density at radius 3 is 2.23 bits per heavy atom. The monoisotopic (exact) mass is 574 g/mol. The van der Waals surface area contributed by atoms with Gasteiger partial charge in [0, 0.05) is 16.6 Å². The number of esters is 2. The molecule has 5 aromatic rings. The summed E-state index contributed by atoms with van der Waals surface area (Å²) in [7, 11) is 0. The lowest BCUT2D eigenvalue weighted by atomic mass is 10.0. The smallest absolute Gasteiger partial charge is 0.339 e. The fourth-order valence-corrected chi connectivity index (χ4v) is 4.33. The molecule has 1 heterocycles. The maximum Gasteiger partial charge on any atom is 0.339 e. The van der Waals surface area contributed by atoms with E-state index in [0.29, 0.717) is 52.4 Å². The van der Waals surface area contributed by atoms with E-state index in [2.05, 4.69) is 5.32 Å². The van der Waals surface area contributed by atoms with Gasteiger partial charge in [0.25, 0.3) is 5.91 Å². The normalized spacial score (nSPS) is 10.6. The highest BCUT2D eigenvalue weighted by molar-refractivity contribution is 6.05. The number of anilines is 1. The quantitative estimate of drug-likeness (QED) is 0.172. The average Bonchev–Trinajstić information content (AvgIpc) is 3.05. The summed E-state index contributed by atoms with van der Waals surface area (Å²) in [5, 5.41) is 3.28. The lowest BCUT2D eigenvalue weighted by Gasteiger charge is -2.11. The van der Waals surface area contributed by atoms with Crippen LogP contribution in [0.15, 0.2) is 109 Å². The minimum absolute atomic E-state index is 0.299.